The maximum absolute atomic E-state index is 11.6. The van der Waals surface area contributed by atoms with Gasteiger partial charge in [0, 0.05) is 26.4 Å². The second kappa shape index (κ2) is 5.36. The zero-order valence-electron chi connectivity index (χ0n) is 13.5. The first-order valence-electron chi connectivity index (χ1n) is 8.01. The average Bonchev–Trinajstić information content (AvgIpc) is 2.72. The Hall–Kier alpha value is -1.51. The van der Waals surface area contributed by atoms with Crippen molar-refractivity contribution >= 4 is 5.91 Å². The molecule has 114 valence electrons. The molecule has 1 amide bonds. The Bertz CT molecular complexity index is 567. The van der Waals surface area contributed by atoms with Crippen LogP contribution in [0.25, 0.3) is 0 Å². The molecule has 0 saturated carbocycles. The number of fused-ring (bicyclic) bond motifs is 3. The standard InChI is InChI=1S/C18H25NO2/c1-11-12(2)16(10-19(4)13(3)20)18-14(11)7-8-17-15(18)6-5-9-21-17/h7-8,11-12,16H,5-6,9-10H2,1-4H3. The quantitative estimate of drug-likeness (QED) is 0.835. The van der Waals surface area contributed by atoms with Gasteiger partial charge in [-0.25, -0.2) is 0 Å². The van der Waals surface area contributed by atoms with Gasteiger partial charge in [-0.15, -0.1) is 0 Å². The fourth-order valence-electron chi connectivity index (χ4n) is 3.90. The Balaban J connectivity index is 2.03. The van der Waals surface area contributed by atoms with Crippen LogP contribution in [0, 0.1) is 5.92 Å². The highest BCUT2D eigenvalue weighted by Gasteiger charge is 2.39. The summed E-state index contributed by atoms with van der Waals surface area (Å²) in [5.74, 6) is 2.76. The van der Waals surface area contributed by atoms with Gasteiger partial charge >= 0.3 is 0 Å². The van der Waals surface area contributed by atoms with Gasteiger partial charge in [0.2, 0.25) is 5.91 Å². The molecule has 1 aromatic rings. The normalized spacial score (nSPS) is 26.8. The third-order valence-electron chi connectivity index (χ3n) is 5.47. The molecular weight excluding hydrogens is 262 g/mol. The molecule has 2 aliphatic rings. The molecule has 3 heteroatoms. The topological polar surface area (TPSA) is 29.5 Å². The van der Waals surface area contributed by atoms with Crippen LogP contribution in [0.4, 0.5) is 0 Å². The number of rotatable bonds is 2. The minimum Gasteiger partial charge on any atom is -0.493 e. The minimum atomic E-state index is 0.143. The zero-order valence-corrected chi connectivity index (χ0v) is 13.5. The van der Waals surface area contributed by atoms with Gasteiger partial charge in [-0.1, -0.05) is 19.9 Å². The number of nitrogens with zero attached hydrogens (tertiary/aromatic N) is 1. The van der Waals surface area contributed by atoms with E-state index in [1.807, 2.05) is 11.9 Å². The molecule has 0 fully saturated rings. The monoisotopic (exact) mass is 287 g/mol. The van der Waals surface area contributed by atoms with Gasteiger partial charge in [0.1, 0.15) is 5.75 Å². The summed E-state index contributed by atoms with van der Waals surface area (Å²) in [4.78, 5) is 13.5. The summed E-state index contributed by atoms with van der Waals surface area (Å²) in [5, 5.41) is 0. The Labute approximate surface area is 127 Å². The number of hydrogen-bond donors (Lipinski definition) is 0. The number of likely N-dealkylation sites (N-methyl/N-ethyl adjacent to an activating group) is 1. The van der Waals surface area contributed by atoms with Crippen molar-refractivity contribution in [3.05, 3.63) is 28.8 Å². The maximum atomic E-state index is 11.6. The largest absolute Gasteiger partial charge is 0.493 e. The fourth-order valence-corrected chi connectivity index (χ4v) is 3.90. The van der Waals surface area contributed by atoms with E-state index >= 15 is 0 Å². The summed E-state index contributed by atoms with van der Waals surface area (Å²) < 4.78 is 5.84. The molecule has 1 heterocycles. The zero-order chi connectivity index (χ0) is 15.1. The van der Waals surface area contributed by atoms with Gasteiger partial charge in [0.25, 0.3) is 0 Å². The van der Waals surface area contributed by atoms with Crippen LogP contribution in [0.5, 0.6) is 5.75 Å². The van der Waals surface area contributed by atoms with E-state index < -0.39 is 0 Å². The Kier molecular flexibility index (Phi) is 3.68. The van der Waals surface area contributed by atoms with Gasteiger partial charge in [0.05, 0.1) is 6.61 Å². The molecule has 1 aliphatic carbocycles. The van der Waals surface area contributed by atoms with E-state index in [4.69, 9.17) is 4.74 Å². The highest BCUT2D eigenvalue weighted by Crippen LogP contribution is 2.50. The first kappa shape index (κ1) is 14.4. The molecule has 3 unspecified atom stereocenters. The van der Waals surface area contributed by atoms with Gasteiger partial charge in [-0.2, -0.15) is 0 Å². The Morgan fingerprint density at radius 2 is 2.14 bits per heavy atom. The third-order valence-corrected chi connectivity index (χ3v) is 5.47. The van der Waals surface area contributed by atoms with E-state index in [0.29, 0.717) is 17.8 Å². The van der Waals surface area contributed by atoms with Crippen molar-refractivity contribution in [3.8, 4) is 5.75 Å². The SMILES string of the molecule is CC(=O)N(C)CC1c2c(ccc3c2CCCO3)C(C)C1C. The third kappa shape index (κ3) is 2.33. The number of carbonyl (C=O) groups is 1. The molecule has 0 radical (unpaired) electrons. The molecular formula is C18H25NO2. The molecule has 3 atom stereocenters. The summed E-state index contributed by atoms with van der Waals surface area (Å²) >= 11 is 0. The predicted molar refractivity (Wildman–Crippen MR) is 83.9 cm³/mol. The molecule has 0 spiro atoms. The predicted octanol–water partition coefficient (Wildman–Crippen LogP) is 3.33. The number of ether oxygens (including phenoxy) is 1. The van der Waals surface area contributed by atoms with E-state index in [0.717, 1.165) is 31.7 Å². The Morgan fingerprint density at radius 3 is 2.86 bits per heavy atom. The van der Waals surface area contributed by atoms with Crippen LogP contribution in [-0.4, -0.2) is 31.0 Å². The summed E-state index contributed by atoms with van der Waals surface area (Å²) in [7, 11) is 1.91. The number of carbonyl (C=O) groups excluding carboxylic acids is 1. The lowest BCUT2D eigenvalue weighted by atomic mass is 9.87. The van der Waals surface area contributed by atoms with Crippen molar-refractivity contribution in [1.82, 2.24) is 4.90 Å². The second-order valence-corrected chi connectivity index (χ2v) is 6.65. The minimum absolute atomic E-state index is 0.143. The number of benzene rings is 1. The molecule has 21 heavy (non-hydrogen) atoms. The van der Waals surface area contributed by atoms with Gasteiger partial charge < -0.3 is 9.64 Å². The molecule has 0 bridgehead atoms. The fraction of sp³-hybridized carbons (Fsp3) is 0.611. The van der Waals surface area contributed by atoms with Crippen LogP contribution in [0.1, 0.15) is 55.7 Å². The van der Waals surface area contributed by atoms with E-state index in [1.165, 1.54) is 16.7 Å². The molecule has 1 aromatic carbocycles. The highest BCUT2D eigenvalue weighted by atomic mass is 16.5. The second-order valence-electron chi connectivity index (χ2n) is 6.65. The summed E-state index contributed by atoms with van der Waals surface area (Å²) in [6.07, 6.45) is 2.21. The Morgan fingerprint density at radius 1 is 1.38 bits per heavy atom. The van der Waals surface area contributed by atoms with Crippen LogP contribution < -0.4 is 4.74 Å². The maximum Gasteiger partial charge on any atom is 0.219 e. The van der Waals surface area contributed by atoms with E-state index in [9.17, 15) is 4.79 Å². The summed E-state index contributed by atoms with van der Waals surface area (Å²) in [6, 6.07) is 4.39. The van der Waals surface area contributed by atoms with Crippen molar-refractivity contribution in [2.24, 2.45) is 5.92 Å². The van der Waals surface area contributed by atoms with Crippen molar-refractivity contribution in [2.45, 2.75) is 45.4 Å². The lowest BCUT2D eigenvalue weighted by Crippen LogP contribution is -2.30. The molecule has 0 aromatic heterocycles. The molecule has 3 nitrogen and oxygen atoms in total. The van der Waals surface area contributed by atoms with Crippen LogP contribution in [-0.2, 0) is 11.2 Å². The van der Waals surface area contributed by atoms with Crippen LogP contribution in [0.2, 0.25) is 0 Å². The lowest BCUT2D eigenvalue weighted by Gasteiger charge is -2.27. The van der Waals surface area contributed by atoms with Crippen LogP contribution in [0.15, 0.2) is 12.1 Å². The molecule has 3 rings (SSSR count). The lowest BCUT2D eigenvalue weighted by molar-refractivity contribution is -0.127. The smallest absolute Gasteiger partial charge is 0.219 e. The average molecular weight is 287 g/mol. The molecule has 1 aliphatic heterocycles. The number of amides is 1. The van der Waals surface area contributed by atoms with Gasteiger partial charge in [-0.05, 0) is 47.4 Å². The van der Waals surface area contributed by atoms with E-state index in [1.54, 1.807) is 6.92 Å². The van der Waals surface area contributed by atoms with Crippen LogP contribution in [0.3, 0.4) is 0 Å². The first-order chi connectivity index (χ1) is 10.0. The summed E-state index contributed by atoms with van der Waals surface area (Å²) in [6.45, 7) is 7.92. The van der Waals surface area contributed by atoms with E-state index in [2.05, 4.69) is 26.0 Å². The van der Waals surface area contributed by atoms with Crippen molar-refractivity contribution < 1.29 is 9.53 Å². The highest BCUT2D eigenvalue weighted by molar-refractivity contribution is 5.73. The van der Waals surface area contributed by atoms with E-state index in [-0.39, 0.29) is 5.91 Å². The van der Waals surface area contributed by atoms with Crippen molar-refractivity contribution in [2.75, 3.05) is 20.2 Å². The molecule has 0 saturated heterocycles. The van der Waals surface area contributed by atoms with Gasteiger partial charge in [-0.3, -0.25) is 4.79 Å². The number of hydrogen-bond acceptors (Lipinski definition) is 2. The summed E-state index contributed by atoms with van der Waals surface area (Å²) in [5.41, 5.74) is 4.34. The van der Waals surface area contributed by atoms with Crippen LogP contribution >= 0.6 is 0 Å². The first-order valence-corrected chi connectivity index (χ1v) is 8.01. The van der Waals surface area contributed by atoms with Crippen molar-refractivity contribution in [3.63, 3.8) is 0 Å². The van der Waals surface area contributed by atoms with Gasteiger partial charge in [0.15, 0.2) is 0 Å². The molecule has 0 N–H and O–H groups in total. The van der Waals surface area contributed by atoms with Crippen molar-refractivity contribution in [1.29, 1.82) is 0 Å².